The van der Waals surface area contributed by atoms with Gasteiger partial charge in [0.2, 0.25) is 11.1 Å². The van der Waals surface area contributed by atoms with Gasteiger partial charge in [0.1, 0.15) is 5.54 Å². The van der Waals surface area contributed by atoms with Gasteiger partial charge in [0, 0.05) is 5.56 Å². The van der Waals surface area contributed by atoms with E-state index in [1.165, 1.54) is 17.3 Å². The Hall–Kier alpha value is -2.33. The third-order valence-electron chi connectivity index (χ3n) is 4.73. The lowest BCUT2D eigenvalue weighted by atomic mass is 9.83. The third-order valence-corrected chi connectivity index (χ3v) is 5.58. The molecule has 3 rings (SSSR count). The van der Waals surface area contributed by atoms with Crippen LogP contribution in [0.1, 0.15) is 44.6 Å². The molecule has 2 N–H and O–H groups in total. The largest absolute Gasteiger partial charge is 0.337 e. The van der Waals surface area contributed by atoms with Crippen molar-refractivity contribution in [2.45, 2.75) is 56.1 Å². The number of aromatic nitrogens is 3. The number of amides is 1. The number of aryl methyl sites for hydroxylation is 1. The van der Waals surface area contributed by atoms with Crippen LogP contribution in [0.5, 0.6) is 0 Å². The molecule has 0 aliphatic heterocycles. The Morgan fingerprint density at radius 2 is 2.04 bits per heavy atom. The number of thioether (sulfide) groups is 1. The van der Waals surface area contributed by atoms with Gasteiger partial charge in [-0.2, -0.15) is 5.26 Å². The molecule has 1 aromatic heterocycles. The van der Waals surface area contributed by atoms with Crippen LogP contribution in [0.15, 0.2) is 29.4 Å². The zero-order chi connectivity index (χ0) is 18.4. The number of hydrogen-bond acceptors (Lipinski definition) is 5. The van der Waals surface area contributed by atoms with Crippen LogP contribution in [0.2, 0.25) is 0 Å². The molecule has 1 saturated carbocycles. The predicted octanol–water partition coefficient (Wildman–Crippen LogP) is 3.47. The zero-order valence-electron chi connectivity index (χ0n) is 14.9. The summed E-state index contributed by atoms with van der Waals surface area (Å²) in [5.41, 5.74) is 1.55. The number of aromatic amines is 1. The average Bonchev–Trinajstić information content (AvgIpc) is 3.16. The summed E-state index contributed by atoms with van der Waals surface area (Å²) < 4.78 is 0. The fraction of sp³-hybridized carbons (Fsp3) is 0.474. The van der Waals surface area contributed by atoms with Crippen LogP contribution >= 0.6 is 11.8 Å². The number of nitriles is 1. The summed E-state index contributed by atoms with van der Waals surface area (Å²) in [5, 5.41) is 20.0. The SMILES string of the molecule is CCc1ccc(-c2nc(SCC(=O)NC3(C#N)CCCCC3)n[nH]2)cc1. The molecule has 0 bridgehead atoms. The summed E-state index contributed by atoms with van der Waals surface area (Å²) in [4.78, 5) is 16.7. The summed E-state index contributed by atoms with van der Waals surface area (Å²) >= 11 is 1.27. The molecule has 6 nitrogen and oxygen atoms in total. The van der Waals surface area contributed by atoms with E-state index in [0.717, 1.165) is 44.1 Å². The van der Waals surface area contributed by atoms with E-state index in [-0.39, 0.29) is 11.7 Å². The van der Waals surface area contributed by atoms with E-state index >= 15 is 0 Å². The van der Waals surface area contributed by atoms with E-state index in [1.807, 2.05) is 12.1 Å². The van der Waals surface area contributed by atoms with E-state index in [4.69, 9.17) is 0 Å². The van der Waals surface area contributed by atoms with Gasteiger partial charge >= 0.3 is 0 Å². The highest BCUT2D eigenvalue weighted by atomic mass is 32.2. The van der Waals surface area contributed by atoms with Crippen molar-refractivity contribution in [2.24, 2.45) is 0 Å². The summed E-state index contributed by atoms with van der Waals surface area (Å²) in [6.07, 6.45) is 5.57. The minimum Gasteiger partial charge on any atom is -0.337 e. The van der Waals surface area contributed by atoms with Gasteiger partial charge in [-0.15, -0.1) is 5.10 Å². The van der Waals surface area contributed by atoms with Crippen molar-refractivity contribution >= 4 is 17.7 Å². The van der Waals surface area contributed by atoms with Crippen molar-refractivity contribution < 1.29 is 4.79 Å². The van der Waals surface area contributed by atoms with Crippen LogP contribution in [0.4, 0.5) is 0 Å². The standard InChI is InChI=1S/C19H23N5OS/c1-2-14-6-8-15(9-7-14)17-21-18(24-23-17)26-12-16(25)22-19(13-20)10-4-3-5-11-19/h6-9H,2-5,10-12H2,1H3,(H,22,25)(H,21,23,24). The number of hydrogen-bond donors (Lipinski definition) is 2. The summed E-state index contributed by atoms with van der Waals surface area (Å²) in [5.74, 6) is 0.753. The molecule has 26 heavy (non-hydrogen) atoms. The highest BCUT2D eigenvalue weighted by molar-refractivity contribution is 7.99. The molecular weight excluding hydrogens is 346 g/mol. The number of H-pyrrole nitrogens is 1. The van der Waals surface area contributed by atoms with Crippen molar-refractivity contribution in [2.75, 3.05) is 5.75 Å². The normalized spacial score (nSPS) is 16.0. The van der Waals surface area contributed by atoms with Gasteiger partial charge in [0.05, 0.1) is 11.8 Å². The van der Waals surface area contributed by atoms with Crippen LogP contribution in [-0.2, 0) is 11.2 Å². The lowest BCUT2D eigenvalue weighted by Gasteiger charge is -2.31. The molecule has 136 valence electrons. The van der Waals surface area contributed by atoms with Crippen LogP contribution < -0.4 is 5.32 Å². The molecule has 1 aromatic carbocycles. The molecule has 2 aromatic rings. The number of rotatable bonds is 6. The Morgan fingerprint density at radius 1 is 1.31 bits per heavy atom. The second-order valence-electron chi connectivity index (χ2n) is 6.61. The maximum atomic E-state index is 12.2. The third kappa shape index (κ3) is 4.44. The summed E-state index contributed by atoms with van der Waals surface area (Å²) in [7, 11) is 0. The van der Waals surface area contributed by atoms with Gasteiger partial charge in [-0.3, -0.25) is 9.89 Å². The minimum absolute atomic E-state index is 0.142. The second-order valence-corrected chi connectivity index (χ2v) is 7.55. The fourth-order valence-corrected chi connectivity index (χ4v) is 3.79. The van der Waals surface area contributed by atoms with E-state index < -0.39 is 5.54 Å². The van der Waals surface area contributed by atoms with Crippen LogP contribution in [-0.4, -0.2) is 32.4 Å². The minimum atomic E-state index is -0.693. The topological polar surface area (TPSA) is 94.5 Å². The van der Waals surface area contributed by atoms with Crippen molar-refractivity contribution in [3.8, 4) is 17.5 Å². The first-order chi connectivity index (χ1) is 12.6. The smallest absolute Gasteiger partial charge is 0.231 e. The van der Waals surface area contributed by atoms with Crippen LogP contribution in [0, 0.1) is 11.3 Å². The molecular formula is C19H23N5OS. The van der Waals surface area contributed by atoms with Crippen molar-refractivity contribution in [1.29, 1.82) is 5.26 Å². The maximum Gasteiger partial charge on any atom is 0.231 e. The number of benzene rings is 1. The van der Waals surface area contributed by atoms with Crippen molar-refractivity contribution in [3.05, 3.63) is 29.8 Å². The lowest BCUT2D eigenvalue weighted by molar-refractivity contribution is -0.120. The number of carbonyl (C=O) groups excluding carboxylic acids is 1. The highest BCUT2D eigenvalue weighted by Crippen LogP contribution is 2.28. The molecule has 0 unspecified atom stereocenters. The van der Waals surface area contributed by atoms with Gasteiger partial charge in [0.15, 0.2) is 5.82 Å². The molecule has 1 fully saturated rings. The molecule has 1 aliphatic carbocycles. The van der Waals surface area contributed by atoms with Gasteiger partial charge in [-0.25, -0.2) is 4.98 Å². The Bertz CT molecular complexity index is 787. The summed E-state index contributed by atoms with van der Waals surface area (Å²) in [6.45, 7) is 2.12. The van der Waals surface area contributed by atoms with E-state index in [2.05, 4.69) is 45.6 Å². The lowest BCUT2D eigenvalue weighted by Crippen LogP contribution is -2.49. The van der Waals surface area contributed by atoms with Crippen LogP contribution in [0.3, 0.4) is 0 Å². The summed E-state index contributed by atoms with van der Waals surface area (Å²) in [6, 6.07) is 10.5. The number of nitrogens with zero attached hydrogens (tertiary/aromatic N) is 3. The van der Waals surface area contributed by atoms with Gasteiger partial charge in [0.25, 0.3) is 0 Å². The monoisotopic (exact) mass is 369 g/mol. The molecule has 7 heteroatoms. The van der Waals surface area contributed by atoms with E-state index in [1.54, 1.807) is 0 Å². The first-order valence-electron chi connectivity index (χ1n) is 9.01. The van der Waals surface area contributed by atoms with Gasteiger partial charge < -0.3 is 5.32 Å². The van der Waals surface area contributed by atoms with Gasteiger partial charge in [-0.05, 0) is 24.8 Å². The van der Waals surface area contributed by atoms with Gasteiger partial charge in [-0.1, -0.05) is 62.2 Å². The Balaban J connectivity index is 1.55. The number of carbonyl (C=O) groups is 1. The zero-order valence-corrected chi connectivity index (χ0v) is 15.7. The average molecular weight is 369 g/mol. The van der Waals surface area contributed by atoms with E-state index in [9.17, 15) is 10.1 Å². The molecule has 1 heterocycles. The predicted molar refractivity (Wildman–Crippen MR) is 101 cm³/mol. The van der Waals surface area contributed by atoms with E-state index in [0.29, 0.717) is 11.0 Å². The molecule has 0 radical (unpaired) electrons. The Kier molecular flexibility index (Phi) is 5.94. The molecule has 0 atom stereocenters. The number of nitrogens with one attached hydrogen (secondary N) is 2. The molecule has 0 spiro atoms. The molecule has 0 saturated heterocycles. The fourth-order valence-electron chi connectivity index (χ4n) is 3.19. The first kappa shape index (κ1) is 18.5. The molecule has 1 aliphatic rings. The Morgan fingerprint density at radius 3 is 2.69 bits per heavy atom. The van der Waals surface area contributed by atoms with Crippen molar-refractivity contribution in [3.63, 3.8) is 0 Å². The Labute approximate surface area is 157 Å². The first-order valence-corrected chi connectivity index (χ1v) is 9.99. The maximum absolute atomic E-state index is 12.2. The van der Waals surface area contributed by atoms with Crippen molar-refractivity contribution in [1.82, 2.24) is 20.5 Å². The quantitative estimate of drug-likeness (QED) is 0.760. The van der Waals surface area contributed by atoms with Crippen LogP contribution in [0.25, 0.3) is 11.4 Å². The molecule has 1 amide bonds. The highest BCUT2D eigenvalue weighted by Gasteiger charge is 2.33. The second kappa shape index (κ2) is 8.37.